The summed E-state index contributed by atoms with van der Waals surface area (Å²) in [4.78, 5) is 40.3. The number of aromatic nitrogens is 2. The monoisotopic (exact) mass is 456 g/mol. The summed E-state index contributed by atoms with van der Waals surface area (Å²) in [5.74, 6) is -2.24. The first-order valence-corrected chi connectivity index (χ1v) is 9.56. The third-order valence-electron chi connectivity index (χ3n) is 3.47. The van der Waals surface area contributed by atoms with Crippen LogP contribution in [0.3, 0.4) is 0 Å². The molecule has 0 atom stereocenters. The minimum absolute atomic E-state index is 0.0760. The number of carbonyl (C=O) groups is 2. The normalized spacial score (nSPS) is 11.8. The molecule has 0 fully saturated rings. The Balaban J connectivity index is 2.66. The number of ether oxygens (including phenoxy) is 3. The first kappa shape index (κ1) is 24.6. The summed E-state index contributed by atoms with van der Waals surface area (Å²) in [6, 6.07) is 0.943. The molecule has 1 heterocycles. The van der Waals surface area contributed by atoms with E-state index in [1.807, 2.05) is 0 Å². The van der Waals surface area contributed by atoms with Crippen molar-refractivity contribution in [2.24, 2.45) is 0 Å². The molecule has 1 aromatic heterocycles. The fraction of sp³-hybridized carbons (Fsp3) is 0.526. The number of amides is 1. The van der Waals surface area contributed by atoms with Gasteiger partial charge in [0.25, 0.3) is 0 Å². The summed E-state index contributed by atoms with van der Waals surface area (Å²) in [7, 11) is 0. The van der Waals surface area contributed by atoms with Gasteiger partial charge >= 0.3 is 17.9 Å². The van der Waals surface area contributed by atoms with Crippen molar-refractivity contribution in [1.29, 1.82) is 0 Å². The molecule has 0 unspecified atom stereocenters. The van der Waals surface area contributed by atoms with Crippen molar-refractivity contribution in [2.45, 2.75) is 59.7 Å². The summed E-state index contributed by atoms with van der Waals surface area (Å²) in [6.45, 7) is 11.0. The Kier molecular flexibility index (Phi) is 6.81. The number of carbonyl (C=O) groups excluding carboxylic acids is 2. The third kappa shape index (κ3) is 5.95. The van der Waals surface area contributed by atoms with E-state index in [0.29, 0.717) is 4.85 Å². The van der Waals surface area contributed by atoms with Crippen LogP contribution in [0.4, 0.5) is 25.5 Å². The molecule has 0 aliphatic carbocycles. The molecule has 0 saturated carbocycles. The third-order valence-corrected chi connectivity index (χ3v) is 3.47. The van der Waals surface area contributed by atoms with Crippen molar-refractivity contribution in [2.75, 3.05) is 11.9 Å². The molecule has 2 aromatic rings. The van der Waals surface area contributed by atoms with E-state index < -0.39 is 51.1 Å². The highest BCUT2D eigenvalue weighted by Crippen LogP contribution is 2.38. The number of nitro benzene ring substituents is 1. The zero-order chi connectivity index (χ0) is 24.4. The molecule has 1 N–H and O–H groups in total. The van der Waals surface area contributed by atoms with E-state index in [9.17, 15) is 19.7 Å². The van der Waals surface area contributed by atoms with Gasteiger partial charge in [-0.05, 0) is 48.5 Å². The average Bonchev–Trinajstić information content (AvgIpc) is 2.90. The number of benzene rings is 1. The molecular weight excluding hydrogens is 431 g/mol. The van der Waals surface area contributed by atoms with Crippen molar-refractivity contribution < 1.29 is 38.0 Å². The number of fused-ring (bicyclic) bond motifs is 1. The summed E-state index contributed by atoms with van der Waals surface area (Å²) in [5, 5.41) is 17.4. The number of hydrogen-bond acceptors (Lipinski definition) is 9. The highest BCUT2D eigenvalue weighted by atomic mass is 19.1. The van der Waals surface area contributed by atoms with E-state index in [2.05, 4.69) is 10.4 Å². The minimum atomic E-state index is -1.22. The van der Waals surface area contributed by atoms with Crippen molar-refractivity contribution in [3.05, 3.63) is 22.0 Å². The van der Waals surface area contributed by atoms with Crippen LogP contribution >= 0.6 is 0 Å². The fourth-order valence-electron chi connectivity index (χ4n) is 2.49. The Bertz CT molecular complexity index is 1050. The van der Waals surface area contributed by atoms with Crippen LogP contribution in [0, 0.1) is 15.9 Å². The molecule has 2 rings (SSSR count). The molecule has 13 heteroatoms. The van der Waals surface area contributed by atoms with E-state index >= 15 is 4.39 Å². The maximum absolute atomic E-state index is 15.3. The molecule has 0 bridgehead atoms. The molecule has 0 aliphatic rings. The largest absolute Gasteiger partial charge is 0.535 e. The second-order valence-corrected chi connectivity index (χ2v) is 8.53. The second-order valence-electron chi connectivity index (χ2n) is 8.53. The smallest absolute Gasteiger partial charge is 0.485 e. The van der Waals surface area contributed by atoms with Crippen LogP contribution in [0.25, 0.3) is 10.9 Å². The van der Waals surface area contributed by atoms with Gasteiger partial charge in [-0.3, -0.25) is 20.3 Å². The van der Waals surface area contributed by atoms with Crippen molar-refractivity contribution >= 4 is 34.7 Å². The molecule has 0 aliphatic heterocycles. The van der Waals surface area contributed by atoms with E-state index in [1.54, 1.807) is 41.5 Å². The van der Waals surface area contributed by atoms with Crippen LogP contribution in [-0.4, -0.2) is 44.9 Å². The lowest BCUT2D eigenvalue weighted by Crippen LogP contribution is -2.30. The first-order valence-electron chi connectivity index (χ1n) is 9.56. The van der Waals surface area contributed by atoms with Crippen LogP contribution in [0.15, 0.2) is 6.07 Å². The predicted molar refractivity (Wildman–Crippen MR) is 110 cm³/mol. The lowest BCUT2D eigenvalue weighted by Gasteiger charge is -2.19. The quantitative estimate of drug-likeness (QED) is 0.398. The second kappa shape index (κ2) is 8.85. The van der Waals surface area contributed by atoms with Gasteiger partial charge in [0, 0.05) is 6.07 Å². The fourth-order valence-corrected chi connectivity index (χ4v) is 2.49. The van der Waals surface area contributed by atoms with Gasteiger partial charge in [-0.2, -0.15) is 0 Å². The van der Waals surface area contributed by atoms with Gasteiger partial charge in [0.15, 0.2) is 11.3 Å². The lowest BCUT2D eigenvalue weighted by atomic mass is 10.2. The van der Waals surface area contributed by atoms with Gasteiger partial charge in [0.2, 0.25) is 11.6 Å². The highest BCUT2D eigenvalue weighted by Gasteiger charge is 2.31. The van der Waals surface area contributed by atoms with Crippen LogP contribution in [0.1, 0.15) is 48.5 Å². The van der Waals surface area contributed by atoms with Crippen LogP contribution < -0.4 is 14.9 Å². The van der Waals surface area contributed by atoms with E-state index in [0.717, 1.165) is 6.07 Å². The summed E-state index contributed by atoms with van der Waals surface area (Å²) in [5.41, 5.74) is -2.99. The number of nitrogens with zero attached hydrogens (tertiary/aromatic N) is 3. The molecular formula is C19H25FN4O8. The molecule has 12 nitrogen and oxygen atoms in total. The Morgan fingerprint density at radius 1 is 1.19 bits per heavy atom. The zero-order valence-corrected chi connectivity index (χ0v) is 18.8. The van der Waals surface area contributed by atoms with Gasteiger partial charge in [-0.15, -0.1) is 5.10 Å². The zero-order valence-electron chi connectivity index (χ0n) is 18.8. The molecule has 176 valence electrons. The lowest BCUT2D eigenvalue weighted by molar-refractivity contribution is -0.385. The number of nitrogens with one attached hydrogen (secondary N) is 1. The maximum Gasteiger partial charge on any atom is 0.535 e. The van der Waals surface area contributed by atoms with Crippen LogP contribution in [-0.2, 0) is 9.47 Å². The molecule has 0 saturated heterocycles. The Hall–Kier alpha value is -3.64. The molecule has 1 amide bonds. The van der Waals surface area contributed by atoms with Crippen molar-refractivity contribution in [3.8, 4) is 5.75 Å². The van der Waals surface area contributed by atoms with Crippen LogP contribution in [0.5, 0.6) is 5.75 Å². The SMILES string of the molecule is CCOc1c([N+](=O)[O-])cc2c(NC(=O)OC(C)(C)C)nn(OC(=O)OC(C)(C)C)c2c1F. The molecule has 0 radical (unpaired) electrons. The van der Waals surface area contributed by atoms with E-state index in [4.69, 9.17) is 19.0 Å². The van der Waals surface area contributed by atoms with Gasteiger partial charge in [0.1, 0.15) is 11.2 Å². The number of halogens is 1. The predicted octanol–water partition coefficient (Wildman–Crippen LogP) is 4.19. The summed E-state index contributed by atoms with van der Waals surface area (Å²) >= 11 is 0. The molecule has 0 spiro atoms. The average molecular weight is 456 g/mol. The topological polar surface area (TPSA) is 144 Å². The number of rotatable bonds is 5. The van der Waals surface area contributed by atoms with Gasteiger partial charge in [0.05, 0.1) is 16.9 Å². The van der Waals surface area contributed by atoms with Gasteiger partial charge in [-0.1, -0.05) is 4.85 Å². The van der Waals surface area contributed by atoms with E-state index in [-0.39, 0.29) is 17.8 Å². The minimum Gasteiger partial charge on any atom is -0.485 e. The Morgan fingerprint density at radius 3 is 2.28 bits per heavy atom. The van der Waals surface area contributed by atoms with E-state index in [1.165, 1.54) is 6.92 Å². The van der Waals surface area contributed by atoms with Gasteiger partial charge < -0.3 is 14.2 Å². The maximum atomic E-state index is 15.3. The number of nitro groups is 1. The number of anilines is 1. The Labute approximate surface area is 182 Å². The van der Waals surface area contributed by atoms with Crippen LogP contribution in [0.2, 0.25) is 0 Å². The molecule has 32 heavy (non-hydrogen) atoms. The highest BCUT2D eigenvalue weighted by molar-refractivity contribution is 5.99. The standard InChI is InChI=1S/C19H25FN4O8/c1-8-29-14-11(24(27)28)9-10-13(12(14)20)23(32-17(26)31-19(5,6)7)22-15(10)21-16(25)30-18(2,3)4/h9H,8H2,1-7H3,(H,21,22,25). The number of hydrogen-bond donors (Lipinski definition) is 1. The van der Waals surface area contributed by atoms with Crippen molar-refractivity contribution in [1.82, 2.24) is 9.94 Å². The first-order chi connectivity index (χ1) is 14.6. The summed E-state index contributed by atoms with van der Waals surface area (Å²) < 4.78 is 30.5. The van der Waals surface area contributed by atoms with Gasteiger partial charge in [-0.25, -0.2) is 14.0 Å². The molecule has 1 aromatic carbocycles. The van der Waals surface area contributed by atoms with Crippen molar-refractivity contribution in [3.63, 3.8) is 0 Å². The summed E-state index contributed by atoms with van der Waals surface area (Å²) in [6.07, 6.45) is -2.18. The Morgan fingerprint density at radius 2 is 1.78 bits per heavy atom.